The van der Waals surface area contributed by atoms with E-state index in [1.807, 2.05) is 6.07 Å². The van der Waals surface area contributed by atoms with E-state index in [0.29, 0.717) is 11.4 Å². The molecule has 100 valence electrons. The minimum Gasteiger partial charge on any atom is -0.464 e. The van der Waals surface area contributed by atoms with Gasteiger partial charge in [-0.2, -0.15) is 0 Å². The lowest BCUT2D eigenvalue weighted by Gasteiger charge is -1.98. The summed E-state index contributed by atoms with van der Waals surface area (Å²) in [7, 11) is 3.08. The van der Waals surface area contributed by atoms with Crippen molar-refractivity contribution in [3.05, 3.63) is 36.3 Å². The van der Waals surface area contributed by atoms with Gasteiger partial charge < -0.3 is 25.8 Å². The van der Waals surface area contributed by atoms with Gasteiger partial charge in [-0.15, -0.1) is 12.4 Å². The molecule has 0 radical (unpaired) electrons. The molecule has 0 aliphatic carbocycles. The van der Waals surface area contributed by atoms with E-state index in [4.69, 9.17) is 11.5 Å². The van der Waals surface area contributed by atoms with Crippen molar-refractivity contribution < 1.29 is 9.53 Å². The monoisotopic (exact) mass is 272 g/mol. The molecule has 0 unspecified atom stereocenters. The molecule has 2 rings (SSSR count). The SMILES string of the molecule is COC(=O)c1cc(N)cn1C.Cl.Nc1ccc[nH]1. The summed E-state index contributed by atoms with van der Waals surface area (Å²) in [5, 5.41) is 0. The first kappa shape index (κ1) is 15.9. The Morgan fingerprint density at radius 3 is 2.39 bits per heavy atom. The fraction of sp³-hybridized carbons (Fsp3) is 0.182. The van der Waals surface area contributed by atoms with Crippen LogP contribution in [0, 0.1) is 0 Å². The average molecular weight is 273 g/mol. The van der Waals surface area contributed by atoms with Crippen LogP contribution in [0.15, 0.2) is 30.6 Å². The predicted octanol–water partition coefficient (Wildman–Crippen LogP) is 1.41. The molecule has 0 bridgehead atoms. The van der Waals surface area contributed by atoms with Crippen LogP contribution in [0.2, 0.25) is 0 Å². The maximum Gasteiger partial charge on any atom is 0.354 e. The number of anilines is 2. The van der Waals surface area contributed by atoms with Crippen LogP contribution in [-0.2, 0) is 11.8 Å². The number of nitrogen functional groups attached to an aromatic ring is 2. The molecule has 0 aromatic carbocycles. The number of methoxy groups -OCH3 is 1. The van der Waals surface area contributed by atoms with Gasteiger partial charge in [-0.1, -0.05) is 0 Å². The lowest BCUT2D eigenvalue weighted by molar-refractivity contribution is 0.0590. The first-order valence-electron chi connectivity index (χ1n) is 4.93. The Morgan fingerprint density at radius 1 is 1.44 bits per heavy atom. The zero-order valence-corrected chi connectivity index (χ0v) is 11.0. The van der Waals surface area contributed by atoms with E-state index in [2.05, 4.69) is 9.72 Å². The maximum atomic E-state index is 10.9. The van der Waals surface area contributed by atoms with Crippen molar-refractivity contribution in [3.63, 3.8) is 0 Å². The molecule has 18 heavy (non-hydrogen) atoms. The van der Waals surface area contributed by atoms with Gasteiger partial charge in [0, 0.05) is 19.4 Å². The number of nitrogens with two attached hydrogens (primary N) is 2. The molecule has 2 aromatic heterocycles. The summed E-state index contributed by atoms with van der Waals surface area (Å²) >= 11 is 0. The second-order valence-corrected chi connectivity index (χ2v) is 3.39. The Balaban J connectivity index is 0.000000352. The summed E-state index contributed by atoms with van der Waals surface area (Å²) in [4.78, 5) is 13.7. The molecule has 0 fully saturated rings. The molecule has 0 saturated heterocycles. The Hall–Kier alpha value is -2.08. The molecule has 0 amide bonds. The lowest BCUT2D eigenvalue weighted by atomic mass is 10.4. The molecule has 0 spiro atoms. The molecular weight excluding hydrogens is 256 g/mol. The van der Waals surface area contributed by atoms with E-state index in [1.54, 1.807) is 36.1 Å². The van der Waals surface area contributed by atoms with Gasteiger partial charge in [-0.25, -0.2) is 4.79 Å². The van der Waals surface area contributed by atoms with Crippen molar-refractivity contribution in [3.8, 4) is 0 Å². The van der Waals surface area contributed by atoms with Gasteiger partial charge in [-0.05, 0) is 18.2 Å². The smallest absolute Gasteiger partial charge is 0.354 e. The van der Waals surface area contributed by atoms with Crippen LogP contribution in [0.3, 0.4) is 0 Å². The minimum atomic E-state index is -0.371. The number of aromatic amines is 1. The number of hydrogen-bond donors (Lipinski definition) is 3. The number of nitrogens with one attached hydrogen (secondary N) is 1. The summed E-state index contributed by atoms with van der Waals surface area (Å²) in [5.74, 6) is 0.346. The molecule has 2 aromatic rings. The van der Waals surface area contributed by atoms with Crippen LogP contribution >= 0.6 is 12.4 Å². The Labute approximate surface area is 111 Å². The van der Waals surface area contributed by atoms with Crippen LogP contribution in [0.1, 0.15) is 10.5 Å². The molecule has 0 aliphatic rings. The molecule has 5 N–H and O–H groups in total. The number of H-pyrrole nitrogens is 1. The van der Waals surface area contributed by atoms with Crippen LogP contribution in [0.4, 0.5) is 11.5 Å². The highest BCUT2D eigenvalue weighted by molar-refractivity contribution is 5.88. The topological polar surface area (TPSA) is 99.1 Å². The van der Waals surface area contributed by atoms with Gasteiger partial charge in [0.05, 0.1) is 12.8 Å². The van der Waals surface area contributed by atoms with Gasteiger partial charge in [0.2, 0.25) is 0 Å². The van der Waals surface area contributed by atoms with Gasteiger partial charge >= 0.3 is 5.97 Å². The normalized spacial score (nSPS) is 8.78. The second kappa shape index (κ2) is 7.29. The van der Waals surface area contributed by atoms with E-state index in [-0.39, 0.29) is 18.4 Å². The summed E-state index contributed by atoms with van der Waals surface area (Å²) in [6.07, 6.45) is 3.45. The van der Waals surface area contributed by atoms with Crippen molar-refractivity contribution >= 4 is 29.9 Å². The van der Waals surface area contributed by atoms with Crippen molar-refractivity contribution in [1.29, 1.82) is 0 Å². The molecule has 0 atom stereocenters. The van der Waals surface area contributed by atoms with Gasteiger partial charge in [0.1, 0.15) is 11.5 Å². The number of carbonyl (C=O) groups excluding carboxylic acids is 1. The van der Waals surface area contributed by atoms with E-state index in [9.17, 15) is 4.79 Å². The largest absolute Gasteiger partial charge is 0.464 e. The van der Waals surface area contributed by atoms with Gasteiger partial charge in [0.25, 0.3) is 0 Å². The number of esters is 1. The zero-order chi connectivity index (χ0) is 12.8. The number of halogens is 1. The first-order valence-corrected chi connectivity index (χ1v) is 4.93. The van der Waals surface area contributed by atoms with Crippen LogP contribution in [-0.4, -0.2) is 22.6 Å². The molecule has 6 nitrogen and oxygen atoms in total. The summed E-state index contributed by atoms with van der Waals surface area (Å²) < 4.78 is 6.14. The van der Waals surface area contributed by atoms with Crippen LogP contribution in [0.5, 0.6) is 0 Å². The average Bonchev–Trinajstić information content (AvgIpc) is 2.88. The highest BCUT2D eigenvalue weighted by Gasteiger charge is 2.09. The highest BCUT2D eigenvalue weighted by Crippen LogP contribution is 2.08. The second-order valence-electron chi connectivity index (χ2n) is 3.39. The fourth-order valence-electron chi connectivity index (χ4n) is 1.24. The third-order valence-corrected chi connectivity index (χ3v) is 2.04. The van der Waals surface area contributed by atoms with E-state index in [1.165, 1.54) is 7.11 Å². The van der Waals surface area contributed by atoms with Crippen LogP contribution < -0.4 is 11.5 Å². The third-order valence-electron chi connectivity index (χ3n) is 2.04. The maximum absolute atomic E-state index is 10.9. The van der Waals surface area contributed by atoms with Crippen molar-refractivity contribution in [2.45, 2.75) is 0 Å². The Morgan fingerprint density at radius 2 is 2.11 bits per heavy atom. The Kier molecular flexibility index (Phi) is 6.44. The van der Waals surface area contributed by atoms with Crippen molar-refractivity contribution in [1.82, 2.24) is 9.55 Å². The molecule has 7 heteroatoms. The number of rotatable bonds is 1. The summed E-state index contributed by atoms with van der Waals surface area (Å²) in [5.41, 5.74) is 11.7. The number of aryl methyl sites for hydroxylation is 1. The quantitative estimate of drug-likeness (QED) is 0.684. The number of aromatic nitrogens is 2. The zero-order valence-electron chi connectivity index (χ0n) is 10.2. The van der Waals surface area contributed by atoms with Gasteiger partial charge in [-0.3, -0.25) is 0 Å². The standard InChI is InChI=1S/C7H10N2O2.C4H6N2.ClH/c1-9-4-5(8)3-6(9)7(10)11-2;5-4-2-1-3-6-4;/h3-4H,8H2,1-2H3;1-3,6H,5H2;1H. The molecular formula is C11H17ClN4O2. The lowest BCUT2D eigenvalue weighted by Crippen LogP contribution is -2.06. The number of nitrogens with zero attached hydrogens (tertiary/aromatic N) is 1. The molecule has 2 heterocycles. The third kappa shape index (κ3) is 4.42. The fourth-order valence-corrected chi connectivity index (χ4v) is 1.24. The Bertz CT molecular complexity index is 479. The van der Waals surface area contributed by atoms with Crippen molar-refractivity contribution in [2.24, 2.45) is 7.05 Å². The van der Waals surface area contributed by atoms with E-state index < -0.39 is 0 Å². The summed E-state index contributed by atoms with van der Waals surface area (Å²) in [6, 6.07) is 5.24. The minimum absolute atomic E-state index is 0. The number of ether oxygens (including phenoxy) is 1. The predicted molar refractivity (Wildman–Crippen MR) is 73.6 cm³/mol. The van der Waals surface area contributed by atoms with E-state index in [0.717, 1.165) is 5.82 Å². The highest BCUT2D eigenvalue weighted by atomic mass is 35.5. The summed E-state index contributed by atoms with van der Waals surface area (Å²) in [6.45, 7) is 0. The molecule has 0 saturated carbocycles. The number of hydrogen-bond acceptors (Lipinski definition) is 4. The molecule has 0 aliphatic heterocycles. The van der Waals surface area contributed by atoms with E-state index >= 15 is 0 Å². The first-order chi connectivity index (χ1) is 8.04. The van der Waals surface area contributed by atoms with Crippen molar-refractivity contribution in [2.75, 3.05) is 18.6 Å². The van der Waals surface area contributed by atoms with Gasteiger partial charge in [0.15, 0.2) is 0 Å². The number of carbonyl (C=O) groups is 1. The van der Waals surface area contributed by atoms with Crippen LogP contribution in [0.25, 0.3) is 0 Å².